The summed E-state index contributed by atoms with van der Waals surface area (Å²) >= 11 is 0. The van der Waals surface area contributed by atoms with Crippen molar-refractivity contribution in [3.63, 3.8) is 0 Å². The average molecular weight is 681 g/mol. The largest absolute Gasteiger partial charge is 0.490 e. The molecule has 10 nitrogen and oxygen atoms in total. The molecule has 0 atom stereocenters. The molecule has 258 valence electrons. The zero-order valence-corrected chi connectivity index (χ0v) is 26.3. The number of pyridine rings is 1. The number of nitrogens with one attached hydrogen (secondary N) is 2. The number of amides is 1. The molecule has 0 saturated heterocycles. The molecule has 0 saturated carbocycles. The van der Waals surface area contributed by atoms with Gasteiger partial charge >= 0.3 is 12.1 Å². The Hall–Kier alpha value is -4.99. The number of nitrogens with zero attached hydrogens (tertiary/aromatic N) is 4. The maximum Gasteiger partial charge on any atom is 0.490 e. The highest BCUT2D eigenvalue weighted by Gasteiger charge is 2.38. The van der Waals surface area contributed by atoms with E-state index in [4.69, 9.17) is 14.9 Å². The van der Waals surface area contributed by atoms with Crippen LogP contribution < -0.4 is 16.2 Å². The molecule has 0 aliphatic heterocycles. The first-order valence-electron chi connectivity index (χ1n) is 14.8. The lowest BCUT2D eigenvalue weighted by molar-refractivity contribution is -0.192. The van der Waals surface area contributed by atoms with E-state index in [2.05, 4.69) is 34.4 Å². The number of aryl methyl sites for hydroxylation is 1. The van der Waals surface area contributed by atoms with Crippen molar-refractivity contribution in [1.29, 1.82) is 0 Å². The minimum absolute atomic E-state index is 0.00410. The van der Waals surface area contributed by atoms with Crippen LogP contribution in [0.1, 0.15) is 36.2 Å². The summed E-state index contributed by atoms with van der Waals surface area (Å²) in [5.74, 6) is -4.89. The van der Waals surface area contributed by atoms with Crippen molar-refractivity contribution < 1.29 is 41.0 Å². The molecule has 0 fully saturated rings. The predicted octanol–water partition coefficient (Wildman–Crippen LogP) is 5.51. The van der Waals surface area contributed by atoms with E-state index in [-0.39, 0.29) is 23.7 Å². The molecule has 48 heavy (non-hydrogen) atoms. The molecule has 1 amide bonds. The molecule has 0 aliphatic carbocycles. The van der Waals surface area contributed by atoms with Crippen LogP contribution in [-0.4, -0.2) is 82.0 Å². The number of rotatable bonds is 12. The quantitative estimate of drug-likeness (QED) is 0.132. The Balaban J connectivity index is 0.000000804. The fraction of sp³-hybridized carbons (Fsp3) is 0.344. The van der Waals surface area contributed by atoms with Crippen molar-refractivity contribution in [3.8, 4) is 16.9 Å². The molecule has 4 rings (SSSR count). The van der Waals surface area contributed by atoms with E-state index in [1.165, 1.54) is 18.2 Å². The minimum Gasteiger partial charge on any atom is -0.475 e. The summed E-state index contributed by atoms with van der Waals surface area (Å²) in [6.45, 7) is 8.38. The van der Waals surface area contributed by atoms with Gasteiger partial charge in [-0.2, -0.15) is 18.2 Å². The number of hydrogen-bond donors (Lipinski definition) is 3. The third-order valence-corrected chi connectivity index (χ3v) is 7.12. The first-order chi connectivity index (χ1) is 22.7. The summed E-state index contributed by atoms with van der Waals surface area (Å²) in [4.78, 5) is 46.1. The standard InChI is InChI=1S/C30H33F3N6O2.C2HF3O2/c1-4-38(5-2)17-7-15-35-30-36-26(22-18-20(11-10-19(22)3)29(41)34-16-14-31)21-12-13-25(40)39(28(21)37-30)27-23(32)8-6-9-24(27)33;3-2(4,5)1(6)7/h6,8-13,18H,4-5,7,14-17H2,1-3H3,(H,34,41)(H,35,36,37);(H,6,7). The van der Waals surface area contributed by atoms with Crippen molar-refractivity contribution in [1.82, 2.24) is 24.8 Å². The van der Waals surface area contributed by atoms with Gasteiger partial charge in [0.1, 0.15) is 24.0 Å². The molecular formula is C32H34F6N6O4. The maximum atomic E-state index is 14.9. The van der Waals surface area contributed by atoms with Gasteiger partial charge in [-0.25, -0.2) is 22.9 Å². The topological polar surface area (TPSA) is 129 Å². The van der Waals surface area contributed by atoms with Gasteiger partial charge in [0.05, 0.1) is 5.69 Å². The van der Waals surface area contributed by atoms with E-state index < -0.39 is 47.6 Å². The second-order valence-corrected chi connectivity index (χ2v) is 10.3. The zero-order valence-electron chi connectivity index (χ0n) is 26.3. The van der Waals surface area contributed by atoms with Gasteiger partial charge in [-0.3, -0.25) is 14.2 Å². The van der Waals surface area contributed by atoms with Crippen molar-refractivity contribution in [2.75, 3.05) is 44.7 Å². The number of aliphatic carboxylic acids is 1. The lowest BCUT2D eigenvalue weighted by atomic mass is 9.99. The summed E-state index contributed by atoms with van der Waals surface area (Å²) in [6.07, 6.45) is -4.30. The molecule has 3 N–H and O–H groups in total. The van der Waals surface area contributed by atoms with Crippen LogP contribution in [0.2, 0.25) is 0 Å². The maximum absolute atomic E-state index is 14.9. The third kappa shape index (κ3) is 9.30. The second kappa shape index (κ2) is 16.7. The van der Waals surface area contributed by atoms with Crippen LogP contribution in [0.3, 0.4) is 0 Å². The van der Waals surface area contributed by atoms with Crippen molar-refractivity contribution in [2.45, 2.75) is 33.4 Å². The van der Waals surface area contributed by atoms with Gasteiger partial charge in [0.15, 0.2) is 5.65 Å². The number of anilines is 1. The average Bonchev–Trinajstić information content (AvgIpc) is 3.04. The van der Waals surface area contributed by atoms with Gasteiger partial charge in [0, 0.05) is 35.7 Å². The lowest BCUT2D eigenvalue weighted by Crippen LogP contribution is -2.26. The first kappa shape index (κ1) is 37.5. The number of hydrogen-bond acceptors (Lipinski definition) is 7. The highest BCUT2D eigenvalue weighted by Crippen LogP contribution is 2.31. The van der Waals surface area contributed by atoms with Gasteiger partial charge < -0.3 is 20.6 Å². The molecule has 4 aromatic rings. The van der Waals surface area contributed by atoms with Crippen LogP contribution in [0.15, 0.2) is 53.3 Å². The van der Waals surface area contributed by atoms with E-state index in [9.17, 15) is 35.9 Å². The molecule has 2 aromatic carbocycles. The van der Waals surface area contributed by atoms with E-state index >= 15 is 0 Å². The zero-order chi connectivity index (χ0) is 35.6. The van der Waals surface area contributed by atoms with E-state index in [1.807, 2.05) is 6.92 Å². The van der Waals surface area contributed by atoms with Gasteiger partial charge in [-0.1, -0.05) is 26.0 Å². The van der Waals surface area contributed by atoms with Gasteiger partial charge in [0.25, 0.3) is 11.5 Å². The fourth-order valence-corrected chi connectivity index (χ4v) is 4.64. The Morgan fingerprint density at radius 3 is 2.21 bits per heavy atom. The summed E-state index contributed by atoms with van der Waals surface area (Å²) in [7, 11) is 0. The summed E-state index contributed by atoms with van der Waals surface area (Å²) in [5.41, 5.74) is 0.748. The van der Waals surface area contributed by atoms with Crippen molar-refractivity contribution in [3.05, 3.63) is 81.6 Å². The van der Waals surface area contributed by atoms with Gasteiger partial charge in [0.2, 0.25) is 5.95 Å². The number of alkyl halides is 4. The summed E-state index contributed by atoms with van der Waals surface area (Å²) in [6, 6.07) is 11.0. The Labute approximate surface area is 271 Å². The smallest absolute Gasteiger partial charge is 0.475 e. The van der Waals surface area contributed by atoms with Crippen LogP contribution >= 0.6 is 0 Å². The number of carboxylic acids is 1. The Morgan fingerprint density at radius 1 is 0.979 bits per heavy atom. The number of fused-ring (bicyclic) bond motifs is 1. The summed E-state index contributed by atoms with van der Waals surface area (Å²) < 4.78 is 75.2. The molecule has 0 spiro atoms. The molecule has 16 heteroatoms. The molecule has 2 aromatic heterocycles. The number of benzene rings is 2. The number of aromatic nitrogens is 3. The number of carbonyl (C=O) groups excluding carboxylic acids is 1. The third-order valence-electron chi connectivity index (χ3n) is 7.12. The highest BCUT2D eigenvalue weighted by molar-refractivity contribution is 5.98. The van der Waals surface area contributed by atoms with Crippen LogP contribution in [0.25, 0.3) is 28.0 Å². The van der Waals surface area contributed by atoms with Gasteiger partial charge in [-0.05, 0) is 68.9 Å². The second-order valence-electron chi connectivity index (χ2n) is 10.3. The van der Waals surface area contributed by atoms with Crippen LogP contribution in [-0.2, 0) is 4.79 Å². The lowest BCUT2D eigenvalue weighted by Gasteiger charge is -2.18. The van der Waals surface area contributed by atoms with E-state index in [1.54, 1.807) is 18.2 Å². The van der Waals surface area contributed by atoms with E-state index in [0.29, 0.717) is 23.2 Å². The van der Waals surface area contributed by atoms with Crippen LogP contribution in [0.5, 0.6) is 0 Å². The fourth-order valence-electron chi connectivity index (χ4n) is 4.64. The highest BCUT2D eigenvalue weighted by atomic mass is 19.4. The predicted molar refractivity (Wildman–Crippen MR) is 168 cm³/mol. The molecule has 0 aliphatic rings. The Kier molecular flexibility index (Phi) is 13.0. The molecular weight excluding hydrogens is 646 g/mol. The number of halogens is 6. The first-order valence-corrected chi connectivity index (χ1v) is 14.8. The Bertz CT molecular complexity index is 1790. The number of para-hydroxylation sites is 1. The van der Waals surface area contributed by atoms with Crippen LogP contribution in [0.4, 0.5) is 32.3 Å². The number of carboxylic acid groups (broad SMARTS) is 1. The monoisotopic (exact) mass is 680 g/mol. The molecule has 0 radical (unpaired) electrons. The van der Waals surface area contributed by atoms with Crippen LogP contribution in [0, 0.1) is 18.6 Å². The molecule has 0 unspecified atom stereocenters. The molecule has 0 bridgehead atoms. The van der Waals surface area contributed by atoms with E-state index in [0.717, 1.165) is 48.3 Å². The van der Waals surface area contributed by atoms with Crippen molar-refractivity contribution in [2.24, 2.45) is 0 Å². The minimum atomic E-state index is -5.08. The van der Waals surface area contributed by atoms with Gasteiger partial charge in [-0.15, -0.1) is 0 Å². The number of carbonyl (C=O) groups is 2. The Morgan fingerprint density at radius 2 is 1.62 bits per heavy atom. The SMILES string of the molecule is CCN(CC)CCCNc1nc(-c2cc(C(=O)NCCF)ccc2C)c2ccc(=O)n(-c3c(F)cccc3F)c2n1.O=C(O)C(F)(F)F. The summed E-state index contributed by atoms with van der Waals surface area (Å²) in [5, 5.41) is 13.2. The normalized spacial score (nSPS) is 11.3. The molecule has 2 heterocycles. The van der Waals surface area contributed by atoms with Crippen molar-refractivity contribution >= 4 is 28.9 Å².